The molecule has 0 aromatic heterocycles. The molecule has 92 valence electrons. The van der Waals surface area contributed by atoms with Crippen molar-refractivity contribution in [1.29, 1.82) is 5.41 Å². The third-order valence-corrected chi connectivity index (χ3v) is 3.93. The Bertz CT molecular complexity index is 236. The van der Waals surface area contributed by atoms with E-state index in [4.69, 9.17) is 10.1 Å². The van der Waals surface area contributed by atoms with E-state index in [1.807, 2.05) is 0 Å². The number of nitrogens with zero attached hydrogens (tertiary/aromatic N) is 1. The van der Waals surface area contributed by atoms with Crippen molar-refractivity contribution >= 4 is 5.84 Å². The van der Waals surface area contributed by atoms with Crippen LogP contribution in [0.2, 0.25) is 0 Å². The molecule has 1 saturated heterocycles. The monoisotopic (exact) mass is 224 g/mol. The van der Waals surface area contributed by atoms with Gasteiger partial charge in [-0.25, -0.2) is 0 Å². The minimum Gasteiger partial charge on any atom is -0.375 e. The van der Waals surface area contributed by atoms with Crippen LogP contribution < -0.4 is 0 Å². The molecule has 1 aliphatic heterocycles. The molecule has 1 unspecified atom stereocenters. The lowest BCUT2D eigenvalue weighted by Gasteiger charge is -2.37. The van der Waals surface area contributed by atoms with Crippen LogP contribution in [-0.4, -0.2) is 36.5 Å². The van der Waals surface area contributed by atoms with Crippen molar-refractivity contribution in [3.05, 3.63) is 0 Å². The molecule has 0 spiro atoms. The molecule has 1 N–H and O–H groups in total. The Balaban J connectivity index is 1.87. The number of rotatable bonds is 2. The number of amidine groups is 1. The Labute approximate surface area is 98.7 Å². The first-order valence-electron chi connectivity index (χ1n) is 6.76. The maximum absolute atomic E-state index is 8.31. The van der Waals surface area contributed by atoms with Gasteiger partial charge in [0.25, 0.3) is 0 Å². The molecule has 16 heavy (non-hydrogen) atoms. The minimum absolute atomic E-state index is 0.345. The van der Waals surface area contributed by atoms with Crippen molar-refractivity contribution < 1.29 is 4.74 Å². The summed E-state index contributed by atoms with van der Waals surface area (Å²) in [5.74, 6) is 1.42. The summed E-state index contributed by atoms with van der Waals surface area (Å²) in [4.78, 5) is 2.26. The van der Waals surface area contributed by atoms with Crippen LogP contribution in [0.15, 0.2) is 0 Å². The highest BCUT2D eigenvalue weighted by atomic mass is 16.5. The molecule has 0 bridgehead atoms. The van der Waals surface area contributed by atoms with Crippen molar-refractivity contribution in [3.8, 4) is 0 Å². The van der Waals surface area contributed by atoms with E-state index >= 15 is 0 Å². The van der Waals surface area contributed by atoms with E-state index < -0.39 is 0 Å². The van der Waals surface area contributed by atoms with Gasteiger partial charge in [-0.1, -0.05) is 26.2 Å². The van der Waals surface area contributed by atoms with Gasteiger partial charge >= 0.3 is 0 Å². The smallest absolute Gasteiger partial charge is 0.0991 e. The normalized spacial score (nSPS) is 28.1. The summed E-state index contributed by atoms with van der Waals surface area (Å²) >= 11 is 0. The van der Waals surface area contributed by atoms with Gasteiger partial charge in [0.2, 0.25) is 0 Å². The average Bonchev–Trinajstić information content (AvgIpc) is 2.39. The predicted molar refractivity (Wildman–Crippen MR) is 65.9 cm³/mol. The van der Waals surface area contributed by atoms with Crippen LogP contribution in [0.25, 0.3) is 0 Å². The number of hydrogen-bond donors (Lipinski definition) is 1. The summed E-state index contributed by atoms with van der Waals surface area (Å²) in [5.41, 5.74) is 0. The van der Waals surface area contributed by atoms with Crippen LogP contribution in [0.1, 0.15) is 45.4 Å². The lowest BCUT2D eigenvalue weighted by molar-refractivity contribution is -0.00904. The standard InChI is InChI=1S/C13H24N2O/c1-2-12-10-15(8-9-16-12)13(14)11-6-4-3-5-7-11/h11-12,14H,2-10H2,1H3. The number of nitrogens with one attached hydrogen (secondary N) is 1. The van der Waals surface area contributed by atoms with Crippen molar-refractivity contribution in [3.63, 3.8) is 0 Å². The van der Waals surface area contributed by atoms with Gasteiger partial charge in [0.15, 0.2) is 0 Å². The Morgan fingerprint density at radius 2 is 2.06 bits per heavy atom. The highest BCUT2D eigenvalue weighted by Gasteiger charge is 2.26. The molecular formula is C13H24N2O. The second kappa shape index (κ2) is 5.67. The Morgan fingerprint density at radius 3 is 2.75 bits per heavy atom. The second-order valence-electron chi connectivity index (χ2n) is 5.07. The van der Waals surface area contributed by atoms with E-state index in [-0.39, 0.29) is 0 Å². The number of morpholine rings is 1. The summed E-state index contributed by atoms with van der Waals surface area (Å²) in [6.07, 6.45) is 7.86. The van der Waals surface area contributed by atoms with E-state index in [1.54, 1.807) is 0 Å². The molecule has 2 fully saturated rings. The minimum atomic E-state index is 0.345. The molecule has 2 aliphatic rings. The first kappa shape index (κ1) is 11.9. The first-order chi connectivity index (χ1) is 7.81. The van der Waals surface area contributed by atoms with Gasteiger partial charge < -0.3 is 9.64 Å². The Hall–Kier alpha value is -0.570. The summed E-state index contributed by atoms with van der Waals surface area (Å²) < 4.78 is 5.66. The zero-order valence-corrected chi connectivity index (χ0v) is 10.4. The Kier molecular flexibility index (Phi) is 4.22. The quantitative estimate of drug-likeness (QED) is 0.578. The summed E-state index contributed by atoms with van der Waals surface area (Å²) in [7, 11) is 0. The fraction of sp³-hybridized carbons (Fsp3) is 0.923. The van der Waals surface area contributed by atoms with Gasteiger partial charge in [-0.3, -0.25) is 5.41 Å². The molecule has 0 amide bonds. The predicted octanol–water partition coefficient (Wildman–Crippen LogP) is 2.65. The average molecular weight is 224 g/mol. The van der Waals surface area contributed by atoms with E-state index in [0.717, 1.165) is 32.0 Å². The lowest BCUT2D eigenvalue weighted by atomic mass is 9.87. The van der Waals surface area contributed by atoms with Crippen LogP contribution in [-0.2, 0) is 4.74 Å². The maximum Gasteiger partial charge on any atom is 0.0991 e. The first-order valence-corrected chi connectivity index (χ1v) is 6.76. The van der Waals surface area contributed by atoms with Crippen molar-refractivity contribution in [2.45, 2.75) is 51.6 Å². The van der Waals surface area contributed by atoms with Crippen molar-refractivity contribution in [2.75, 3.05) is 19.7 Å². The molecule has 1 atom stereocenters. The van der Waals surface area contributed by atoms with Crippen LogP contribution in [0.4, 0.5) is 0 Å². The molecule has 0 aromatic rings. The van der Waals surface area contributed by atoms with E-state index in [9.17, 15) is 0 Å². The fourth-order valence-electron chi connectivity index (χ4n) is 2.82. The van der Waals surface area contributed by atoms with Gasteiger partial charge in [-0.05, 0) is 19.3 Å². The summed E-state index contributed by atoms with van der Waals surface area (Å²) in [6, 6.07) is 0. The molecule has 3 heteroatoms. The molecule has 3 nitrogen and oxygen atoms in total. The fourth-order valence-corrected chi connectivity index (χ4v) is 2.82. The van der Waals surface area contributed by atoms with E-state index in [2.05, 4.69) is 11.8 Å². The topological polar surface area (TPSA) is 36.3 Å². The highest BCUT2D eigenvalue weighted by molar-refractivity contribution is 5.81. The molecule has 1 heterocycles. The van der Waals surface area contributed by atoms with Gasteiger partial charge in [0.1, 0.15) is 0 Å². The van der Waals surface area contributed by atoms with Gasteiger partial charge in [0.05, 0.1) is 18.5 Å². The van der Waals surface area contributed by atoms with Gasteiger partial charge in [-0.15, -0.1) is 0 Å². The van der Waals surface area contributed by atoms with Crippen molar-refractivity contribution in [2.24, 2.45) is 5.92 Å². The maximum atomic E-state index is 8.31. The molecular weight excluding hydrogens is 200 g/mol. The lowest BCUT2D eigenvalue weighted by Crippen LogP contribution is -2.47. The molecule has 0 radical (unpaired) electrons. The van der Waals surface area contributed by atoms with Crippen LogP contribution in [0, 0.1) is 11.3 Å². The molecule has 1 aliphatic carbocycles. The van der Waals surface area contributed by atoms with Crippen LogP contribution in [0.5, 0.6) is 0 Å². The van der Waals surface area contributed by atoms with Crippen LogP contribution in [0.3, 0.4) is 0 Å². The SMILES string of the molecule is CCC1CN(C(=N)C2CCCCC2)CCO1. The molecule has 1 saturated carbocycles. The Morgan fingerprint density at radius 1 is 1.31 bits per heavy atom. The zero-order valence-electron chi connectivity index (χ0n) is 10.4. The molecule has 2 rings (SSSR count). The third-order valence-electron chi connectivity index (χ3n) is 3.93. The largest absolute Gasteiger partial charge is 0.375 e. The van der Waals surface area contributed by atoms with Gasteiger partial charge in [0, 0.05) is 19.0 Å². The van der Waals surface area contributed by atoms with Crippen LogP contribution >= 0.6 is 0 Å². The number of ether oxygens (including phenoxy) is 1. The summed E-state index contributed by atoms with van der Waals surface area (Å²) in [5, 5.41) is 8.31. The summed E-state index contributed by atoms with van der Waals surface area (Å²) in [6.45, 7) is 4.82. The number of hydrogen-bond acceptors (Lipinski definition) is 2. The molecule has 0 aromatic carbocycles. The highest BCUT2D eigenvalue weighted by Crippen LogP contribution is 2.26. The van der Waals surface area contributed by atoms with E-state index in [0.29, 0.717) is 12.0 Å². The zero-order chi connectivity index (χ0) is 11.4. The van der Waals surface area contributed by atoms with Crippen molar-refractivity contribution in [1.82, 2.24) is 4.90 Å². The van der Waals surface area contributed by atoms with E-state index in [1.165, 1.54) is 32.1 Å². The second-order valence-corrected chi connectivity index (χ2v) is 5.07. The third kappa shape index (κ3) is 2.76. The van der Waals surface area contributed by atoms with Gasteiger partial charge in [-0.2, -0.15) is 0 Å².